The molecular formula is C6H10F2O. The third-order valence-electron chi connectivity index (χ3n) is 1.91. The summed E-state index contributed by atoms with van der Waals surface area (Å²) in [5.74, 6) is -3.23. The molecule has 0 bridgehead atoms. The first-order valence-corrected chi connectivity index (χ1v) is 3.03. The van der Waals surface area contributed by atoms with Crippen LogP contribution >= 0.6 is 0 Å². The van der Waals surface area contributed by atoms with Crippen molar-refractivity contribution >= 4 is 0 Å². The van der Waals surface area contributed by atoms with Gasteiger partial charge in [0, 0.05) is 5.92 Å². The first-order chi connectivity index (χ1) is 4.04. The molecule has 0 N–H and O–H groups in total. The van der Waals surface area contributed by atoms with E-state index in [1.807, 2.05) is 0 Å². The van der Waals surface area contributed by atoms with Crippen molar-refractivity contribution in [3.8, 4) is 0 Å². The summed E-state index contributed by atoms with van der Waals surface area (Å²) in [7, 11) is 0. The lowest BCUT2D eigenvalue weighted by atomic mass is 10.0. The Kier molecular flexibility index (Phi) is 1.47. The summed E-state index contributed by atoms with van der Waals surface area (Å²) >= 11 is 0. The molecule has 1 fully saturated rings. The normalized spacial score (nSPS) is 41.3. The van der Waals surface area contributed by atoms with Crippen LogP contribution in [-0.4, -0.2) is 18.6 Å². The van der Waals surface area contributed by atoms with Gasteiger partial charge in [-0.25, -0.2) is 8.78 Å². The Balaban J connectivity index is 2.62. The maximum Gasteiger partial charge on any atom is 0.275 e. The molecule has 0 aromatic carbocycles. The topological polar surface area (TPSA) is 9.23 Å². The SMILES string of the molecule is CC1OCC(F)(F)C1C. The first-order valence-electron chi connectivity index (χ1n) is 3.03. The van der Waals surface area contributed by atoms with Crippen molar-refractivity contribution in [3.05, 3.63) is 0 Å². The van der Waals surface area contributed by atoms with Crippen molar-refractivity contribution in [1.82, 2.24) is 0 Å². The summed E-state index contributed by atoms with van der Waals surface area (Å²) in [4.78, 5) is 0. The second-order valence-corrected chi connectivity index (χ2v) is 2.57. The molecule has 1 heterocycles. The van der Waals surface area contributed by atoms with Gasteiger partial charge in [-0.3, -0.25) is 0 Å². The lowest BCUT2D eigenvalue weighted by molar-refractivity contribution is -0.0319. The molecule has 1 aliphatic rings. The number of rotatable bonds is 0. The molecular weight excluding hydrogens is 126 g/mol. The predicted octanol–water partition coefficient (Wildman–Crippen LogP) is 1.68. The van der Waals surface area contributed by atoms with E-state index in [2.05, 4.69) is 0 Å². The number of hydrogen-bond donors (Lipinski definition) is 0. The molecule has 0 saturated carbocycles. The van der Waals surface area contributed by atoms with Crippen LogP contribution in [0.4, 0.5) is 8.78 Å². The Labute approximate surface area is 53.0 Å². The van der Waals surface area contributed by atoms with Crippen LogP contribution in [0.15, 0.2) is 0 Å². The van der Waals surface area contributed by atoms with Crippen LogP contribution in [0.1, 0.15) is 13.8 Å². The highest BCUT2D eigenvalue weighted by Gasteiger charge is 2.46. The molecule has 1 nitrogen and oxygen atoms in total. The minimum Gasteiger partial charge on any atom is -0.372 e. The molecule has 0 aliphatic carbocycles. The monoisotopic (exact) mass is 136 g/mol. The van der Waals surface area contributed by atoms with Gasteiger partial charge in [-0.15, -0.1) is 0 Å². The van der Waals surface area contributed by atoms with Gasteiger partial charge in [0.1, 0.15) is 6.61 Å². The average Bonchev–Trinajstić information content (AvgIpc) is 1.97. The van der Waals surface area contributed by atoms with E-state index in [1.165, 1.54) is 6.92 Å². The van der Waals surface area contributed by atoms with Crippen LogP contribution in [0.25, 0.3) is 0 Å². The van der Waals surface area contributed by atoms with Gasteiger partial charge in [0.25, 0.3) is 5.92 Å². The van der Waals surface area contributed by atoms with Crippen molar-refractivity contribution in [2.45, 2.75) is 25.9 Å². The van der Waals surface area contributed by atoms with E-state index in [1.54, 1.807) is 6.92 Å². The Bertz CT molecular complexity index is 114. The minimum atomic E-state index is -2.60. The van der Waals surface area contributed by atoms with Gasteiger partial charge < -0.3 is 4.74 Å². The average molecular weight is 136 g/mol. The van der Waals surface area contributed by atoms with Gasteiger partial charge in [-0.2, -0.15) is 0 Å². The van der Waals surface area contributed by atoms with Crippen molar-refractivity contribution in [2.24, 2.45) is 5.92 Å². The lowest BCUT2D eigenvalue weighted by Gasteiger charge is -2.13. The highest BCUT2D eigenvalue weighted by Crippen LogP contribution is 2.34. The molecule has 0 spiro atoms. The number of halogens is 2. The molecule has 0 radical (unpaired) electrons. The van der Waals surface area contributed by atoms with Crippen LogP contribution in [0.5, 0.6) is 0 Å². The Morgan fingerprint density at radius 2 is 2.00 bits per heavy atom. The molecule has 0 aromatic heterocycles. The largest absolute Gasteiger partial charge is 0.372 e. The third-order valence-corrected chi connectivity index (χ3v) is 1.91. The quantitative estimate of drug-likeness (QED) is 0.492. The van der Waals surface area contributed by atoms with Crippen molar-refractivity contribution in [2.75, 3.05) is 6.61 Å². The smallest absolute Gasteiger partial charge is 0.275 e. The zero-order chi connectivity index (χ0) is 7.07. The fraction of sp³-hybridized carbons (Fsp3) is 1.00. The van der Waals surface area contributed by atoms with Gasteiger partial charge in [0.15, 0.2) is 0 Å². The molecule has 0 amide bonds. The molecule has 3 heteroatoms. The zero-order valence-electron chi connectivity index (χ0n) is 5.53. The van der Waals surface area contributed by atoms with Crippen molar-refractivity contribution in [3.63, 3.8) is 0 Å². The standard InChI is InChI=1S/C6H10F2O/c1-4-5(2)9-3-6(4,7)8/h4-5H,3H2,1-2H3. The Hall–Kier alpha value is -0.180. The van der Waals surface area contributed by atoms with Gasteiger partial charge in [0.2, 0.25) is 0 Å². The highest BCUT2D eigenvalue weighted by molar-refractivity contribution is 4.83. The van der Waals surface area contributed by atoms with Crippen LogP contribution in [0.3, 0.4) is 0 Å². The van der Waals surface area contributed by atoms with E-state index in [0.29, 0.717) is 0 Å². The number of alkyl halides is 2. The summed E-state index contributed by atoms with van der Waals surface area (Å²) < 4.78 is 29.7. The molecule has 2 unspecified atom stereocenters. The Morgan fingerprint density at radius 3 is 2.11 bits per heavy atom. The summed E-state index contributed by atoms with van der Waals surface area (Å²) in [5, 5.41) is 0. The van der Waals surface area contributed by atoms with E-state index in [4.69, 9.17) is 4.74 Å². The molecule has 1 aliphatic heterocycles. The van der Waals surface area contributed by atoms with E-state index in [-0.39, 0.29) is 6.10 Å². The first kappa shape index (κ1) is 6.93. The van der Waals surface area contributed by atoms with Crippen molar-refractivity contribution in [1.29, 1.82) is 0 Å². The molecule has 0 aromatic rings. The molecule has 54 valence electrons. The van der Waals surface area contributed by atoms with Gasteiger partial charge in [0.05, 0.1) is 6.10 Å². The lowest BCUT2D eigenvalue weighted by Crippen LogP contribution is -2.25. The summed E-state index contributed by atoms with van der Waals surface area (Å²) in [6.45, 7) is 2.78. The van der Waals surface area contributed by atoms with E-state index >= 15 is 0 Å². The molecule has 9 heavy (non-hydrogen) atoms. The second kappa shape index (κ2) is 1.90. The highest BCUT2D eigenvalue weighted by atomic mass is 19.3. The summed E-state index contributed by atoms with van der Waals surface area (Å²) in [6.07, 6.45) is -0.292. The summed E-state index contributed by atoms with van der Waals surface area (Å²) in [5.41, 5.74) is 0. The van der Waals surface area contributed by atoms with Gasteiger partial charge >= 0.3 is 0 Å². The van der Waals surface area contributed by atoms with Crippen LogP contribution in [0, 0.1) is 5.92 Å². The zero-order valence-corrected chi connectivity index (χ0v) is 5.53. The number of hydrogen-bond acceptors (Lipinski definition) is 1. The van der Waals surface area contributed by atoms with Crippen LogP contribution < -0.4 is 0 Å². The fourth-order valence-corrected chi connectivity index (χ4v) is 0.862. The molecule has 1 rings (SSSR count). The van der Waals surface area contributed by atoms with Crippen LogP contribution in [-0.2, 0) is 4.74 Å². The van der Waals surface area contributed by atoms with Crippen molar-refractivity contribution < 1.29 is 13.5 Å². The van der Waals surface area contributed by atoms with E-state index < -0.39 is 18.4 Å². The van der Waals surface area contributed by atoms with E-state index in [9.17, 15) is 8.78 Å². The fourth-order valence-electron chi connectivity index (χ4n) is 0.862. The predicted molar refractivity (Wildman–Crippen MR) is 29.5 cm³/mol. The third kappa shape index (κ3) is 1.06. The second-order valence-electron chi connectivity index (χ2n) is 2.57. The van der Waals surface area contributed by atoms with Gasteiger partial charge in [-0.1, -0.05) is 6.92 Å². The summed E-state index contributed by atoms with van der Waals surface area (Å²) in [6, 6.07) is 0. The maximum absolute atomic E-state index is 12.5. The van der Waals surface area contributed by atoms with Gasteiger partial charge in [-0.05, 0) is 6.92 Å². The number of ether oxygens (including phenoxy) is 1. The van der Waals surface area contributed by atoms with Crippen LogP contribution in [0.2, 0.25) is 0 Å². The molecule has 2 atom stereocenters. The minimum absolute atomic E-state index is 0.292. The van der Waals surface area contributed by atoms with E-state index in [0.717, 1.165) is 0 Å². The molecule has 1 saturated heterocycles. The maximum atomic E-state index is 12.5. The Morgan fingerprint density at radius 1 is 1.44 bits per heavy atom.